The van der Waals surface area contributed by atoms with E-state index in [0.717, 1.165) is 19.6 Å². The number of nitrogens with one attached hydrogen (secondary N) is 1. The quantitative estimate of drug-likeness (QED) is 0.714. The summed E-state index contributed by atoms with van der Waals surface area (Å²) >= 11 is 0. The zero-order chi connectivity index (χ0) is 9.90. The van der Waals surface area contributed by atoms with Crippen molar-refractivity contribution in [3.8, 4) is 0 Å². The first kappa shape index (κ1) is 10.8. The van der Waals surface area contributed by atoms with Crippen molar-refractivity contribution in [2.75, 3.05) is 26.2 Å². The van der Waals surface area contributed by atoms with Crippen LogP contribution in [0.5, 0.6) is 0 Å². The van der Waals surface area contributed by atoms with E-state index in [-0.39, 0.29) is 6.54 Å². The maximum absolute atomic E-state index is 11.9. The summed E-state index contributed by atoms with van der Waals surface area (Å²) in [4.78, 5) is 1.86. The number of alkyl halides is 3. The molecular weight excluding hydrogens is 181 g/mol. The molecule has 5 heteroatoms. The zero-order valence-electron chi connectivity index (χ0n) is 7.69. The zero-order valence-corrected chi connectivity index (χ0v) is 7.69. The van der Waals surface area contributed by atoms with Gasteiger partial charge >= 0.3 is 6.18 Å². The summed E-state index contributed by atoms with van der Waals surface area (Å²) < 4.78 is 35.6. The Morgan fingerprint density at radius 1 is 1.46 bits per heavy atom. The van der Waals surface area contributed by atoms with Gasteiger partial charge in [-0.2, -0.15) is 13.2 Å². The fourth-order valence-electron chi connectivity index (χ4n) is 1.50. The molecule has 13 heavy (non-hydrogen) atoms. The second-order valence-corrected chi connectivity index (χ2v) is 3.52. The third-order valence-corrected chi connectivity index (χ3v) is 2.16. The van der Waals surface area contributed by atoms with E-state index in [0.29, 0.717) is 6.04 Å². The van der Waals surface area contributed by atoms with Gasteiger partial charge in [-0.05, 0) is 6.92 Å². The van der Waals surface area contributed by atoms with Crippen molar-refractivity contribution in [1.82, 2.24) is 10.2 Å². The molecule has 1 atom stereocenters. The largest absolute Gasteiger partial charge is 0.390 e. The van der Waals surface area contributed by atoms with E-state index in [2.05, 4.69) is 5.32 Å². The van der Waals surface area contributed by atoms with Gasteiger partial charge in [0, 0.05) is 32.2 Å². The highest BCUT2D eigenvalue weighted by molar-refractivity contribution is 4.75. The Bertz CT molecular complexity index is 158. The molecule has 1 rings (SSSR count). The highest BCUT2D eigenvalue weighted by atomic mass is 19.4. The van der Waals surface area contributed by atoms with E-state index >= 15 is 0 Å². The summed E-state index contributed by atoms with van der Waals surface area (Å²) in [5, 5.41) is 3.19. The molecule has 0 unspecified atom stereocenters. The van der Waals surface area contributed by atoms with Crippen molar-refractivity contribution in [1.29, 1.82) is 0 Å². The summed E-state index contributed by atoms with van der Waals surface area (Å²) in [7, 11) is 0. The van der Waals surface area contributed by atoms with Crippen LogP contribution in [-0.4, -0.2) is 43.3 Å². The Kier molecular flexibility index (Phi) is 3.55. The fourth-order valence-corrected chi connectivity index (χ4v) is 1.50. The normalized spacial score (nSPS) is 26.3. The van der Waals surface area contributed by atoms with Gasteiger partial charge in [0.2, 0.25) is 0 Å². The maximum atomic E-state index is 11.9. The molecule has 0 aliphatic carbocycles. The van der Waals surface area contributed by atoms with Gasteiger partial charge in [0.1, 0.15) is 0 Å². The second-order valence-electron chi connectivity index (χ2n) is 3.52. The lowest BCUT2D eigenvalue weighted by Crippen LogP contribution is -2.49. The van der Waals surface area contributed by atoms with Crippen molar-refractivity contribution in [2.45, 2.75) is 25.6 Å². The van der Waals surface area contributed by atoms with Crippen molar-refractivity contribution < 1.29 is 13.2 Å². The van der Waals surface area contributed by atoms with Crippen LogP contribution in [-0.2, 0) is 0 Å². The van der Waals surface area contributed by atoms with Crippen molar-refractivity contribution in [2.24, 2.45) is 0 Å². The summed E-state index contributed by atoms with van der Waals surface area (Å²) in [5.74, 6) is 0. The van der Waals surface area contributed by atoms with Crippen LogP contribution in [0.25, 0.3) is 0 Å². The van der Waals surface area contributed by atoms with E-state index in [1.807, 2.05) is 11.8 Å². The number of hydrogen-bond acceptors (Lipinski definition) is 2. The molecule has 0 aromatic heterocycles. The Morgan fingerprint density at radius 2 is 2.15 bits per heavy atom. The second kappa shape index (κ2) is 4.28. The third-order valence-electron chi connectivity index (χ3n) is 2.16. The maximum Gasteiger partial charge on any atom is 0.390 e. The lowest BCUT2D eigenvalue weighted by molar-refractivity contribution is -0.138. The molecule has 0 amide bonds. The minimum atomic E-state index is -4.02. The molecule has 0 bridgehead atoms. The number of rotatable bonds is 2. The van der Waals surface area contributed by atoms with Gasteiger partial charge in [-0.25, -0.2) is 0 Å². The molecule has 1 fully saturated rings. The molecule has 0 aromatic carbocycles. The Hall–Kier alpha value is -0.290. The molecule has 1 aliphatic rings. The monoisotopic (exact) mass is 196 g/mol. The van der Waals surface area contributed by atoms with Gasteiger partial charge in [0.15, 0.2) is 0 Å². The highest BCUT2D eigenvalue weighted by Gasteiger charge is 2.28. The van der Waals surface area contributed by atoms with Crippen LogP contribution in [0.1, 0.15) is 13.3 Å². The van der Waals surface area contributed by atoms with Gasteiger partial charge in [-0.15, -0.1) is 0 Å². The van der Waals surface area contributed by atoms with Gasteiger partial charge in [0.25, 0.3) is 0 Å². The van der Waals surface area contributed by atoms with Crippen LogP contribution in [0, 0.1) is 0 Å². The van der Waals surface area contributed by atoms with Crippen LogP contribution < -0.4 is 5.32 Å². The average molecular weight is 196 g/mol. The Labute approximate surface area is 76.1 Å². The van der Waals surface area contributed by atoms with Crippen molar-refractivity contribution in [3.05, 3.63) is 0 Å². The standard InChI is InChI=1S/C8H15F3N2/c1-7-6-13(5-3-12-7)4-2-8(9,10)11/h7,12H,2-6H2,1H3/t7-/m0/s1. The molecule has 1 N–H and O–H groups in total. The molecule has 2 nitrogen and oxygen atoms in total. The highest BCUT2D eigenvalue weighted by Crippen LogP contribution is 2.19. The van der Waals surface area contributed by atoms with Crippen molar-refractivity contribution in [3.63, 3.8) is 0 Å². The summed E-state index contributed by atoms with van der Waals surface area (Å²) in [6.45, 7) is 4.35. The average Bonchev–Trinajstić information content (AvgIpc) is 2.00. The SMILES string of the molecule is C[C@H]1CN(CCC(F)(F)F)CCN1. The topological polar surface area (TPSA) is 15.3 Å². The minimum absolute atomic E-state index is 0.134. The smallest absolute Gasteiger partial charge is 0.312 e. The molecule has 0 radical (unpaired) electrons. The minimum Gasteiger partial charge on any atom is -0.312 e. The predicted octanol–water partition coefficient (Wildman–Crippen LogP) is 1.23. The number of hydrogen-bond donors (Lipinski definition) is 1. The molecule has 1 saturated heterocycles. The van der Waals surface area contributed by atoms with Gasteiger partial charge < -0.3 is 10.2 Å². The van der Waals surface area contributed by atoms with Crippen LogP contribution in [0.3, 0.4) is 0 Å². The lowest BCUT2D eigenvalue weighted by atomic mass is 10.2. The summed E-state index contributed by atoms with van der Waals surface area (Å²) in [6.07, 6.45) is -4.71. The van der Waals surface area contributed by atoms with Gasteiger partial charge in [0.05, 0.1) is 6.42 Å². The molecule has 1 aliphatic heterocycles. The van der Waals surface area contributed by atoms with Crippen LogP contribution in [0.15, 0.2) is 0 Å². The van der Waals surface area contributed by atoms with E-state index in [4.69, 9.17) is 0 Å². The fraction of sp³-hybridized carbons (Fsp3) is 1.00. The Balaban J connectivity index is 2.21. The first-order valence-electron chi connectivity index (χ1n) is 4.50. The number of halogens is 3. The predicted molar refractivity (Wildman–Crippen MR) is 44.6 cm³/mol. The third kappa shape index (κ3) is 4.47. The van der Waals surface area contributed by atoms with Crippen molar-refractivity contribution >= 4 is 0 Å². The van der Waals surface area contributed by atoms with E-state index in [1.54, 1.807) is 0 Å². The summed E-state index contributed by atoms with van der Waals surface area (Å²) in [5.41, 5.74) is 0. The van der Waals surface area contributed by atoms with E-state index in [1.165, 1.54) is 0 Å². The number of nitrogens with zero attached hydrogens (tertiary/aromatic N) is 1. The molecule has 1 heterocycles. The summed E-state index contributed by atoms with van der Waals surface area (Å²) in [6, 6.07) is 0.307. The van der Waals surface area contributed by atoms with E-state index < -0.39 is 12.6 Å². The molecular formula is C8H15F3N2. The van der Waals surface area contributed by atoms with Crippen LogP contribution >= 0.6 is 0 Å². The lowest BCUT2D eigenvalue weighted by Gasteiger charge is -2.31. The van der Waals surface area contributed by atoms with Gasteiger partial charge in [-0.1, -0.05) is 0 Å². The molecule has 0 spiro atoms. The van der Waals surface area contributed by atoms with Gasteiger partial charge in [-0.3, -0.25) is 0 Å². The number of piperazine rings is 1. The Morgan fingerprint density at radius 3 is 2.69 bits per heavy atom. The van der Waals surface area contributed by atoms with Crippen LogP contribution in [0.4, 0.5) is 13.2 Å². The van der Waals surface area contributed by atoms with Crippen LogP contribution in [0.2, 0.25) is 0 Å². The first-order valence-corrected chi connectivity index (χ1v) is 4.50. The molecule has 78 valence electrons. The van der Waals surface area contributed by atoms with E-state index in [9.17, 15) is 13.2 Å². The molecule has 0 saturated carbocycles. The molecule has 0 aromatic rings. The first-order chi connectivity index (χ1) is 5.97.